The standard InChI is InChI=1S/C21H21NO3S/c1-13-12-20(14(2)11-19(13)25-3)26(23,24)22-18-10-9-16-8-7-15-5-4-6-17(18)21(15)16/h4-6,9-12,22H,7-8H2,1-3H3. The van der Waals surface area contributed by atoms with Crippen molar-refractivity contribution in [1.82, 2.24) is 0 Å². The highest BCUT2D eigenvalue weighted by atomic mass is 32.2. The normalized spacial score (nSPS) is 13.2. The van der Waals surface area contributed by atoms with E-state index < -0.39 is 10.0 Å². The summed E-state index contributed by atoms with van der Waals surface area (Å²) >= 11 is 0. The molecule has 0 aliphatic heterocycles. The van der Waals surface area contributed by atoms with E-state index >= 15 is 0 Å². The van der Waals surface area contributed by atoms with Crippen LogP contribution in [-0.4, -0.2) is 15.5 Å². The van der Waals surface area contributed by atoms with Gasteiger partial charge in [-0.05, 0) is 72.5 Å². The van der Waals surface area contributed by atoms with Gasteiger partial charge in [-0.1, -0.05) is 24.3 Å². The van der Waals surface area contributed by atoms with Crippen LogP contribution in [0.4, 0.5) is 5.69 Å². The van der Waals surface area contributed by atoms with Crippen molar-refractivity contribution in [3.63, 3.8) is 0 Å². The molecule has 1 aliphatic carbocycles. The summed E-state index contributed by atoms with van der Waals surface area (Å²) in [6.45, 7) is 3.63. The first-order chi connectivity index (χ1) is 12.4. The maximum Gasteiger partial charge on any atom is 0.262 e. The van der Waals surface area contributed by atoms with Crippen LogP contribution in [0.2, 0.25) is 0 Å². The molecule has 26 heavy (non-hydrogen) atoms. The second-order valence-electron chi connectivity index (χ2n) is 6.80. The zero-order valence-electron chi connectivity index (χ0n) is 15.1. The average Bonchev–Trinajstić information content (AvgIpc) is 3.03. The maximum absolute atomic E-state index is 13.1. The third kappa shape index (κ3) is 2.63. The minimum absolute atomic E-state index is 0.277. The second kappa shape index (κ2) is 6.02. The number of benzene rings is 3. The molecule has 0 saturated heterocycles. The topological polar surface area (TPSA) is 55.4 Å². The molecule has 0 atom stereocenters. The Kier molecular flexibility index (Phi) is 3.92. The molecular weight excluding hydrogens is 346 g/mol. The van der Waals surface area contributed by atoms with Gasteiger partial charge in [0.25, 0.3) is 10.0 Å². The molecule has 3 aromatic rings. The third-order valence-electron chi connectivity index (χ3n) is 5.10. The van der Waals surface area contributed by atoms with E-state index in [-0.39, 0.29) is 4.90 Å². The minimum atomic E-state index is -3.69. The molecule has 3 aromatic carbocycles. The van der Waals surface area contributed by atoms with Crippen molar-refractivity contribution >= 4 is 26.5 Å². The predicted octanol–water partition coefficient (Wildman–Crippen LogP) is 4.36. The zero-order valence-corrected chi connectivity index (χ0v) is 15.9. The monoisotopic (exact) mass is 367 g/mol. The van der Waals surface area contributed by atoms with Crippen molar-refractivity contribution < 1.29 is 13.2 Å². The number of anilines is 1. The number of rotatable bonds is 4. The summed E-state index contributed by atoms with van der Waals surface area (Å²) in [6.07, 6.45) is 2.03. The van der Waals surface area contributed by atoms with Gasteiger partial charge in [0.1, 0.15) is 5.75 Å². The molecule has 0 radical (unpaired) electrons. The number of hydrogen-bond acceptors (Lipinski definition) is 3. The van der Waals surface area contributed by atoms with Crippen molar-refractivity contribution in [2.75, 3.05) is 11.8 Å². The highest BCUT2D eigenvalue weighted by molar-refractivity contribution is 7.92. The first-order valence-electron chi connectivity index (χ1n) is 8.62. The van der Waals surface area contributed by atoms with Crippen molar-refractivity contribution in [1.29, 1.82) is 0 Å². The highest BCUT2D eigenvalue weighted by Crippen LogP contribution is 2.36. The van der Waals surface area contributed by atoms with Gasteiger partial charge in [0.15, 0.2) is 0 Å². The van der Waals surface area contributed by atoms with Crippen LogP contribution >= 0.6 is 0 Å². The van der Waals surface area contributed by atoms with E-state index in [4.69, 9.17) is 4.74 Å². The fourth-order valence-corrected chi connectivity index (χ4v) is 5.20. The summed E-state index contributed by atoms with van der Waals surface area (Å²) in [6, 6.07) is 13.4. The van der Waals surface area contributed by atoms with Crippen LogP contribution in [0.3, 0.4) is 0 Å². The van der Waals surface area contributed by atoms with Gasteiger partial charge in [-0.3, -0.25) is 4.72 Å². The Hall–Kier alpha value is -2.53. The molecule has 4 nitrogen and oxygen atoms in total. The average molecular weight is 367 g/mol. The Morgan fingerprint density at radius 3 is 2.42 bits per heavy atom. The number of sulfonamides is 1. The second-order valence-corrected chi connectivity index (χ2v) is 8.46. The molecule has 0 bridgehead atoms. The Bertz CT molecular complexity index is 1120. The van der Waals surface area contributed by atoms with E-state index in [1.54, 1.807) is 26.2 Å². The molecule has 0 spiro atoms. The van der Waals surface area contributed by atoms with Gasteiger partial charge < -0.3 is 4.74 Å². The van der Waals surface area contributed by atoms with Crippen LogP contribution in [0.1, 0.15) is 22.3 Å². The number of aryl methyl sites for hydroxylation is 4. The molecule has 0 heterocycles. The van der Waals surface area contributed by atoms with Crippen molar-refractivity contribution in [3.8, 4) is 5.75 Å². The Morgan fingerprint density at radius 2 is 1.69 bits per heavy atom. The van der Waals surface area contributed by atoms with Crippen LogP contribution in [0.15, 0.2) is 47.4 Å². The SMILES string of the molecule is COc1cc(C)c(S(=O)(=O)Nc2ccc3c4c(cccc24)CC3)cc1C. The summed E-state index contributed by atoms with van der Waals surface area (Å²) in [5.41, 5.74) is 4.65. The Labute approximate surface area is 153 Å². The van der Waals surface area contributed by atoms with E-state index in [2.05, 4.69) is 10.8 Å². The van der Waals surface area contributed by atoms with Crippen molar-refractivity contribution in [2.45, 2.75) is 31.6 Å². The number of methoxy groups -OCH3 is 1. The summed E-state index contributed by atoms with van der Waals surface area (Å²) < 4.78 is 34.2. The van der Waals surface area contributed by atoms with Crippen LogP contribution in [-0.2, 0) is 22.9 Å². The van der Waals surface area contributed by atoms with Gasteiger partial charge in [-0.25, -0.2) is 8.42 Å². The lowest BCUT2D eigenvalue weighted by Gasteiger charge is -2.15. The van der Waals surface area contributed by atoms with Gasteiger partial charge >= 0.3 is 0 Å². The lowest BCUT2D eigenvalue weighted by atomic mass is 10.0. The number of ether oxygens (including phenoxy) is 1. The first kappa shape index (κ1) is 16.9. The predicted molar refractivity (Wildman–Crippen MR) is 105 cm³/mol. The lowest BCUT2D eigenvalue weighted by molar-refractivity contribution is 0.411. The minimum Gasteiger partial charge on any atom is -0.496 e. The molecule has 0 unspecified atom stereocenters. The fraction of sp³-hybridized carbons (Fsp3) is 0.238. The molecule has 1 N–H and O–H groups in total. The number of hydrogen-bond donors (Lipinski definition) is 1. The molecule has 0 amide bonds. The zero-order chi connectivity index (χ0) is 18.5. The van der Waals surface area contributed by atoms with E-state index in [1.165, 1.54) is 16.5 Å². The summed E-state index contributed by atoms with van der Waals surface area (Å²) in [5.74, 6) is 0.687. The van der Waals surface area contributed by atoms with Gasteiger partial charge in [-0.2, -0.15) is 0 Å². The maximum atomic E-state index is 13.1. The van der Waals surface area contributed by atoms with Crippen LogP contribution in [0.25, 0.3) is 10.8 Å². The van der Waals surface area contributed by atoms with Gasteiger partial charge in [0.05, 0.1) is 17.7 Å². The summed E-state index contributed by atoms with van der Waals surface area (Å²) in [7, 11) is -2.11. The van der Waals surface area contributed by atoms with Crippen molar-refractivity contribution in [2.24, 2.45) is 0 Å². The van der Waals surface area contributed by atoms with Crippen LogP contribution in [0, 0.1) is 13.8 Å². The van der Waals surface area contributed by atoms with E-state index in [0.29, 0.717) is 17.0 Å². The molecule has 4 rings (SSSR count). The van der Waals surface area contributed by atoms with Gasteiger partial charge in [0, 0.05) is 5.39 Å². The summed E-state index contributed by atoms with van der Waals surface area (Å²) in [5, 5.41) is 2.15. The molecule has 1 aliphatic rings. The molecule has 0 fully saturated rings. The highest BCUT2D eigenvalue weighted by Gasteiger charge is 2.22. The van der Waals surface area contributed by atoms with E-state index in [0.717, 1.165) is 23.8 Å². The van der Waals surface area contributed by atoms with Crippen molar-refractivity contribution in [3.05, 3.63) is 64.7 Å². The molecule has 0 aromatic heterocycles. The molecule has 0 saturated carbocycles. The lowest BCUT2D eigenvalue weighted by Crippen LogP contribution is -2.15. The summed E-state index contributed by atoms with van der Waals surface area (Å²) in [4.78, 5) is 0.277. The quantitative estimate of drug-likeness (QED) is 0.745. The molecule has 5 heteroatoms. The molecular formula is C21H21NO3S. The van der Waals surface area contributed by atoms with Crippen LogP contribution < -0.4 is 9.46 Å². The van der Waals surface area contributed by atoms with E-state index in [9.17, 15) is 8.42 Å². The fourth-order valence-electron chi connectivity index (χ4n) is 3.81. The smallest absolute Gasteiger partial charge is 0.262 e. The van der Waals surface area contributed by atoms with Crippen LogP contribution in [0.5, 0.6) is 5.75 Å². The van der Waals surface area contributed by atoms with Gasteiger partial charge in [-0.15, -0.1) is 0 Å². The third-order valence-corrected chi connectivity index (χ3v) is 6.61. The largest absolute Gasteiger partial charge is 0.496 e. The van der Waals surface area contributed by atoms with Gasteiger partial charge in [0.2, 0.25) is 0 Å². The molecule has 134 valence electrons. The van der Waals surface area contributed by atoms with E-state index in [1.807, 2.05) is 31.2 Å². The first-order valence-corrected chi connectivity index (χ1v) is 10.1. The Balaban J connectivity index is 1.81. The Morgan fingerprint density at radius 1 is 0.962 bits per heavy atom. The number of nitrogens with one attached hydrogen (secondary N) is 1.